The van der Waals surface area contributed by atoms with Gasteiger partial charge in [-0.15, -0.1) is 0 Å². The highest BCUT2D eigenvalue weighted by atomic mass is 16.5. The van der Waals surface area contributed by atoms with E-state index < -0.39 is 5.54 Å². The molecule has 5 N–H and O–H groups in total. The van der Waals surface area contributed by atoms with Crippen LogP contribution < -0.4 is 16.2 Å². The predicted octanol–water partition coefficient (Wildman–Crippen LogP) is 5.32. The van der Waals surface area contributed by atoms with Gasteiger partial charge in [0.2, 0.25) is 5.88 Å². The zero-order valence-corrected chi connectivity index (χ0v) is 26.5. The van der Waals surface area contributed by atoms with Crippen LogP contribution in [0, 0.1) is 5.41 Å². The zero-order valence-electron chi connectivity index (χ0n) is 26.5. The number of fused-ring (bicyclic) bond motifs is 1. The first-order chi connectivity index (χ1) is 20.3. The number of aromatic nitrogens is 3. The molecule has 9 nitrogen and oxygen atoms in total. The van der Waals surface area contributed by atoms with Gasteiger partial charge >= 0.3 is 0 Å². The van der Waals surface area contributed by atoms with Crippen LogP contribution >= 0.6 is 0 Å². The SMILES string of the molecule is CC.CCC(=O)CCCCCCc1ncc(-c2cc3ccccc3nc2OC)[nH]1.CN.CN1CC2(C1)CC(N)(C=O)C2. The molecule has 1 saturated heterocycles. The lowest BCUT2D eigenvalue weighted by Crippen LogP contribution is -2.70. The first-order valence-electron chi connectivity index (χ1n) is 15.3. The van der Waals surface area contributed by atoms with Gasteiger partial charge in [0.15, 0.2) is 0 Å². The summed E-state index contributed by atoms with van der Waals surface area (Å²) in [4.78, 5) is 36.6. The molecular weight excluding hydrogens is 528 g/mol. The van der Waals surface area contributed by atoms with Gasteiger partial charge in [-0.2, -0.15) is 0 Å². The van der Waals surface area contributed by atoms with E-state index in [2.05, 4.69) is 38.7 Å². The fourth-order valence-electron chi connectivity index (χ4n) is 5.97. The number of aldehydes is 1. The number of unbranched alkanes of at least 4 members (excludes halogenated alkanes) is 3. The summed E-state index contributed by atoms with van der Waals surface area (Å²) in [5.74, 6) is 1.94. The average Bonchev–Trinajstić information content (AvgIpc) is 3.47. The van der Waals surface area contributed by atoms with Crippen LogP contribution in [-0.4, -0.2) is 71.8 Å². The highest BCUT2D eigenvalue weighted by Gasteiger charge is 2.57. The number of ether oxygens (including phenoxy) is 1. The van der Waals surface area contributed by atoms with Crippen molar-refractivity contribution in [3.8, 4) is 17.1 Å². The number of H-pyrrole nitrogens is 1. The summed E-state index contributed by atoms with van der Waals surface area (Å²) in [7, 11) is 5.24. The Hall–Kier alpha value is -3.14. The summed E-state index contributed by atoms with van der Waals surface area (Å²) in [5, 5.41) is 1.08. The van der Waals surface area contributed by atoms with Crippen LogP contribution in [0.15, 0.2) is 36.5 Å². The number of ketones is 1. The number of nitrogens with one attached hydrogen (secondary N) is 1. The van der Waals surface area contributed by atoms with Crippen LogP contribution in [0.3, 0.4) is 0 Å². The number of nitrogens with zero attached hydrogens (tertiary/aromatic N) is 3. The fourth-order valence-corrected chi connectivity index (χ4v) is 5.97. The minimum Gasteiger partial charge on any atom is -0.480 e. The molecule has 0 unspecified atom stereocenters. The standard InChI is InChI=1S/C22H27N3O2.C8H14N2O.C2H6.CH5N/c1-3-17(26)11-6-4-5-7-13-21-23-15-20(24-21)18-14-16-10-8-9-12-19(16)25-22(18)27-2;1-10-4-7(5-10)2-8(9,3-7)6-11;2*1-2/h8-10,12,14-15H,3-7,11,13H2,1-2H3,(H,23,24);6H,2-5,9H2,1H3;1-2H3;2H2,1H3. The first kappa shape index (κ1) is 35.1. The Kier molecular flexibility index (Phi) is 14.3. The van der Waals surface area contributed by atoms with Gasteiger partial charge in [-0.3, -0.25) is 4.79 Å². The molecule has 3 heterocycles. The number of pyridine rings is 1. The van der Waals surface area contributed by atoms with Crippen molar-refractivity contribution in [2.45, 2.75) is 84.1 Å². The third kappa shape index (κ3) is 9.44. The van der Waals surface area contributed by atoms with E-state index >= 15 is 0 Å². The number of carbonyl (C=O) groups excluding carboxylic acids is 2. The molecule has 232 valence electrons. The van der Waals surface area contributed by atoms with Gasteiger partial charge in [-0.1, -0.05) is 51.8 Å². The van der Waals surface area contributed by atoms with Gasteiger partial charge in [0.1, 0.15) is 17.9 Å². The number of Topliss-reactive ketones (excluding diaryl/α,β-unsaturated/α-hetero) is 1. The second kappa shape index (κ2) is 17.1. The largest absolute Gasteiger partial charge is 0.480 e. The molecule has 0 bridgehead atoms. The van der Waals surface area contributed by atoms with Crippen LogP contribution in [0.2, 0.25) is 0 Å². The molecule has 2 aliphatic rings. The Morgan fingerprint density at radius 2 is 1.79 bits per heavy atom. The Morgan fingerprint density at radius 1 is 1.12 bits per heavy atom. The summed E-state index contributed by atoms with van der Waals surface area (Å²) in [6.07, 6.45) is 11.1. The summed E-state index contributed by atoms with van der Waals surface area (Å²) >= 11 is 0. The van der Waals surface area contributed by atoms with Gasteiger partial charge in [-0.25, -0.2) is 9.97 Å². The number of imidazole rings is 1. The van der Waals surface area contributed by atoms with E-state index in [0.717, 1.165) is 98.7 Å². The van der Waals surface area contributed by atoms with Crippen molar-refractivity contribution in [3.63, 3.8) is 0 Å². The molecule has 0 atom stereocenters. The van der Waals surface area contributed by atoms with E-state index in [1.54, 1.807) is 7.11 Å². The van der Waals surface area contributed by atoms with Gasteiger partial charge in [0, 0.05) is 43.2 Å². The maximum atomic E-state index is 11.3. The van der Waals surface area contributed by atoms with E-state index in [-0.39, 0.29) is 0 Å². The number of hydrogen-bond acceptors (Lipinski definition) is 8. The number of benzene rings is 1. The third-order valence-corrected chi connectivity index (χ3v) is 7.67. The van der Waals surface area contributed by atoms with Crippen molar-refractivity contribution in [1.29, 1.82) is 0 Å². The number of aromatic amines is 1. The van der Waals surface area contributed by atoms with E-state index in [0.29, 0.717) is 23.5 Å². The smallest absolute Gasteiger partial charge is 0.223 e. The van der Waals surface area contributed by atoms with Crippen LogP contribution in [0.5, 0.6) is 5.88 Å². The second-order valence-electron chi connectivity index (χ2n) is 11.2. The monoisotopic (exact) mass is 580 g/mol. The number of aryl methyl sites for hydroxylation is 1. The summed E-state index contributed by atoms with van der Waals surface area (Å²) in [6, 6.07) is 10.1. The number of nitrogens with two attached hydrogens (primary N) is 2. The molecule has 5 rings (SSSR count). The molecule has 1 aromatic carbocycles. The lowest BCUT2D eigenvalue weighted by Gasteiger charge is -2.60. The summed E-state index contributed by atoms with van der Waals surface area (Å²) in [5.41, 5.74) is 13.0. The molecule has 9 heteroatoms. The minimum atomic E-state index is -0.471. The highest BCUT2D eigenvalue weighted by Crippen LogP contribution is 2.51. The van der Waals surface area contributed by atoms with Gasteiger partial charge in [0.05, 0.1) is 35.6 Å². The molecule has 42 heavy (non-hydrogen) atoms. The first-order valence-corrected chi connectivity index (χ1v) is 15.3. The average molecular weight is 581 g/mol. The Bertz CT molecular complexity index is 1240. The molecular formula is C33H52N6O3. The lowest BCUT2D eigenvalue weighted by atomic mass is 9.54. The number of para-hydroxylation sites is 1. The van der Waals surface area contributed by atoms with Crippen LogP contribution in [-0.2, 0) is 16.0 Å². The topological polar surface area (TPSA) is 140 Å². The number of methoxy groups -OCH3 is 1. The van der Waals surface area contributed by atoms with Crippen molar-refractivity contribution < 1.29 is 14.3 Å². The molecule has 2 aromatic heterocycles. The van der Waals surface area contributed by atoms with E-state index in [9.17, 15) is 9.59 Å². The van der Waals surface area contributed by atoms with Crippen molar-refractivity contribution >= 4 is 23.0 Å². The molecule has 1 saturated carbocycles. The van der Waals surface area contributed by atoms with Crippen LogP contribution in [0.25, 0.3) is 22.2 Å². The highest BCUT2D eigenvalue weighted by molar-refractivity contribution is 5.85. The van der Waals surface area contributed by atoms with Gasteiger partial charge < -0.3 is 30.9 Å². The minimum absolute atomic E-state index is 0.364. The maximum absolute atomic E-state index is 11.3. The zero-order chi connectivity index (χ0) is 31.2. The maximum Gasteiger partial charge on any atom is 0.223 e. The van der Waals surface area contributed by atoms with Crippen molar-refractivity contribution in [2.24, 2.45) is 16.9 Å². The molecule has 1 spiro atoms. The van der Waals surface area contributed by atoms with Crippen molar-refractivity contribution in [1.82, 2.24) is 19.9 Å². The van der Waals surface area contributed by atoms with Gasteiger partial charge in [-0.05, 0) is 51.9 Å². The Labute approximate surface area is 251 Å². The molecule has 3 aromatic rings. The summed E-state index contributed by atoms with van der Waals surface area (Å²) < 4.78 is 5.48. The van der Waals surface area contributed by atoms with Crippen LogP contribution in [0.4, 0.5) is 0 Å². The van der Waals surface area contributed by atoms with Crippen molar-refractivity contribution in [2.75, 3.05) is 34.3 Å². The second-order valence-corrected chi connectivity index (χ2v) is 11.2. The quantitative estimate of drug-likeness (QED) is 0.205. The number of rotatable bonds is 11. The molecule has 0 radical (unpaired) electrons. The predicted molar refractivity (Wildman–Crippen MR) is 172 cm³/mol. The Balaban J connectivity index is 0.000000340. The lowest BCUT2D eigenvalue weighted by molar-refractivity contribution is -0.133. The normalized spacial score (nSPS) is 15.9. The molecule has 1 aliphatic carbocycles. The Morgan fingerprint density at radius 3 is 2.40 bits per heavy atom. The number of hydrogen-bond donors (Lipinski definition) is 3. The van der Waals surface area contributed by atoms with Crippen molar-refractivity contribution in [3.05, 3.63) is 42.4 Å². The van der Waals surface area contributed by atoms with E-state index in [1.165, 1.54) is 7.05 Å². The van der Waals surface area contributed by atoms with E-state index in [4.69, 9.17) is 10.5 Å². The fraction of sp³-hybridized carbons (Fsp3) is 0.576. The van der Waals surface area contributed by atoms with Gasteiger partial charge in [0.25, 0.3) is 0 Å². The molecule has 1 aliphatic heterocycles. The third-order valence-electron chi connectivity index (χ3n) is 7.67. The van der Waals surface area contributed by atoms with Crippen LogP contribution in [0.1, 0.15) is 78.0 Å². The number of carbonyl (C=O) groups is 2. The molecule has 0 amide bonds. The summed E-state index contributed by atoms with van der Waals surface area (Å²) in [6.45, 7) is 8.18. The number of likely N-dealkylation sites (tertiary alicyclic amines) is 1. The van der Waals surface area contributed by atoms with E-state index in [1.807, 2.05) is 51.2 Å². The molecule has 2 fully saturated rings.